The number of hydrogen-bond donors (Lipinski definition) is 2. The van der Waals surface area contributed by atoms with Gasteiger partial charge in [-0.1, -0.05) is 19.3 Å². The van der Waals surface area contributed by atoms with Crippen LogP contribution >= 0.6 is 0 Å². The van der Waals surface area contributed by atoms with Crippen LogP contribution in [0.15, 0.2) is 6.07 Å². The highest BCUT2D eigenvalue weighted by Crippen LogP contribution is 2.28. The van der Waals surface area contributed by atoms with Crippen molar-refractivity contribution >= 4 is 5.91 Å². The standard InChI is InChI=1S/C16H28N4O/c1-13-11-14(2)20(19-13)10-6-9-18-15(21)12-16(17)7-4-3-5-8-16/h11H,3-10,12,17H2,1-2H3,(H,18,21). The third kappa shape index (κ3) is 4.84. The Morgan fingerprint density at radius 3 is 2.71 bits per heavy atom. The Labute approximate surface area is 127 Å². The van der Waals surface area contributed by atoms with Gasteiger partial charge in [0.05, 0.1) is 5.69 Å². The van der Waals surface area contributed by atoms with E-state index >= 15 is 0 Å². The second kappa shape index (κ2) is 7.07. The zero-order chi connectivity index (χ0) is 15.3. The fraction of sp³-hybridized carbons (Fsp3) is 0.750. The summed E-state index contributed by atoms with van der Waals surface area (Å²) in [5.74, 6) is 0.0905. The molecule has 0 spiro atoms. The van der Waals surface area contributed by atoms with Crippen LogP contribution in [-0.2, 0) is 11.3 Å². The summed E-state index contributed by atoms with van der Waals surface area (Å²) < 4.78 is 1.99. The van der Waals surface area contributed by atoms with Crippen molar-refractivity contribution in [3.05, 3.63) is 17.5 Å². The minimum Gasteiger partial charge on any atom is -0.356 e. The van der Waals surface area contributed by atoms with Crippen molar-refractivity contribution in [2.75, 3.05) is 6.54 Å². The molecular formula is C16H28N4O. The van der Waals surface area contributed by atoms with Crippen molar-refractivity contribution in [3.8, 4) is 0 Å². The number of nitrogens with zero attached hydrogens (tertiary/aromatic N) is 2. The smallest absolute Gasteiger partial charge is 0.221 e. The highest BCUT2D eigenvalue weighted by atomic mass is 16.1. The molecule has 1 saturated carbocycles. The number of nitrogens with two attached hydrogens (primary N) is 1. The monoisotopic (exact) mass is 292 g/mol. The number of hydrogen-bond acceptors (Lipinski definition) is 3. The van der Waals surface area contributed by atoms with E-state index in [1.54, 1.807) is 0 Å². The van der Waals surface area contributed by atoms with E-state index < -0.39 is 0 Å². The van der Waals surface area contributed by atoms with Crippen LogP contribution in [0.5, 0.6) is 0 Å². The van der Waals surface area contributed by atoms with Crippen LogP contribution in [0.1, 0.15) is 56.3 Å². The van der Waals surface area contributed by atoms with Gasteiger partial charge in [0.1, 0.15) is 0 Å². The zero-order valence-corrected chi connectivity index (χ0v) is 13.3. The van der Waals surface area contributed by atoms with Crippen LogP contribution in [0.25, 0.3) is 0 Å². The topological polar surface area (TPSA) is 72.9 Å². The summed E-state index contributed by atoms with van der Waals surface area (Å²) in [6.07, 6.45) is 6.88. The van der Waals surface area contributed by atoms with Gasteiger partial charge in [-0.2, -0.15) is 5.10 Å². The van der Waals surface area contributed by atoms with E-state index in [1.165, 1.54) is 12.1 Å². The highest BCUT2D eigenvalue weighted by molar-refractivity contribution is 5.77. The molecule has 2 rings (SSSR count). The van der Waals surface area contributed by atoms with E-state index in [9.17, 15) is 4.79 Å². The molecule has 0 saturated heterocycles. The van der Waals surface area contributed by atoms with E-state index in [-0.39, 0.29) is 11.4 Å². The van der Waals surface area contributed by atoms with Crippen LogP contribution in [0.3, 0.4) is 0 Å². The SMILES string of the molecule is Cc1cc(C)n(CCCNC(=O)CC2(N)CCCCC2)n1. The van der Waals surface area contributed by atoms with E-state index in [2.05, 4.69) is 23.4 Å². The fourth-order valence-electron chi connectivity index (χ4n) is 3.17. The van der Waals surface area contributed by atoms with E-state index in [0.29, 0.717) is 13.0 Å². The molecule has 0 atom stereocenters. The van der Waals surface area contributed by atoms with Gasteiger partial charge in [0.15, 0.2) is 0 Å². The molecule has 118 valence electrons. The van der Waals surface area contributed by atoms with Crippen molar-refractivity contribution in [2.45, 2.75) is 70.9 Å². The first kappa shape index (κ1) is 16.0. The molecule has 5 heteroatoms. The quantitative estimate of drug-likeness (QED) is 0.788. The van der Waals surface area contributed by atoms with Crippen molar-refractivity contribution in [1.29, 1.82) is 0 Å². The summed E-state index contributed by atoms with van der Waals surface area (Å²) in [5.41, 5.74) is 8.25. The summed E-state index contributed by atoms with van der Waals surface area (Å²) in [7, 11) is 0. The maximum atomic E-state index is 12.0. The minimum absolute atomic E-state index is 0.0905. The number of nitrogens with one attached hydrogen (secondary N) is 1. The van der Waals surface area contributed by atoms with E-state index in [0.717, 1.165) is 44.3 Å². The molecule has 1 aromatic heterocycles. The Morgan fingerprint density at radius 2 is 2.10 bits per heavy atom. The third-order valence-electron chi connectivity index (χ3n) is 4.33. The van der Waals surface area contributed by atoms with Gasteiger partial charge in [-0.05, 0) is 39.2 Å². The fourth-order valence-corrected chi connectivity index (χ4v) is 3.17. The lowest BCUT2D eigenvalue weighted by Gasteiger charge is -2.32. The van der Waals surface area contributed by atoms with Crippen LogP contribution in [0.4, 0.5) is 0 Å². The molecule has 1 heterocycles. The molecule has 21 heavy (non-hydrogen) atoms. The number of carbonyl (C=O) groups excluding carboxylic acids is 1. The summed E-state index contributed by atoms with van der Waals surface area (Å²) in [6, 6.07) is 2.07. The Balaban J connectivity index is 1.66. The lowest BCUT2D eigenvalue weighted by Crippen LogP contribution is -2.46. The van der Waals surface area contributed by atoms with Gasteiger partial charge in [0.25, 0.3) is 0 Å². The number of rotatable bonds is 6. The molecular weight excluding hydrogens is 264 g/mol. The first-order chi connectivity index (χ1) is 9.98. The van der Waals surface area contributed by atoms with Gasteiger partial charge >= 0.3 is 0 Å². The molecule has 1 aliphatic carbocycles. The molecule has 0 aromatic carbocycles. The number of carbonyl (C=O) groups is 1. The summed E-state index contributed by atoms with van der Waals surface area (Å²) in [4.78, 5) is 12.0. The third-order valence-corrected chi connectivity index (χ3v) is 4.33. The molecule has 0 unspecified atom stereocenters. The number of aryl methyl sites for hydroxylation is 3. The molecule has 5 nitrogen and oxygen atoms in total. The molecule has 3 N–H and O–H groups in total. The van der Waals surface area contributed by atoms with Crippen molar-refractivity contribution in [3.63, 3.8) is 0 Å². The maximum Gasteiger partial charge on any atom is 0.221 e. The molecule has 1 fully saturated rings. The second-order valence-corrected chi connectivity index (χ2v) is 6.45. The summed E-state index contributed by atoms with van der Waals surface area (Å²) in [6.45, 7) is 5.58. The predicted octanol–water partition coefficient (Wildman–Crippen LogP) is 2.06. The molecule has 0 aliphatic heterocycles. The molecule has 1 aromatic rings. The largest absolute Gasteiger partial charge is 0.356 e. The average Bonchev–Trinajstić information content (AvgIpc) is 2.73. The van der Waals surface area contributed by atoms with Gasteiger partial charge in [-0.25, -0.2) is 0 Å². The maximum absolute atomic E-state index is 12.0. The summed E-state index contributed by atoms with van der Waals surface area (Å²) in [5, 5.41) is 7.41. The van der Waals surface area contributed by atoms with Crippen molar-refractivity contribution < 1.29 is 4.79 Å². The first-order valence-corrected chi connectivity index (χ1v) is 8.05. The van der Waals surface area contributed by atoms with Crippen LogP contribution in [0, 0.1) is 13.8 Å². The highest BCUT2D eigenvalue weighted by Gasteiger charge is 2.29. The van der Waals surface area contributed by atoms with Gasteiger partial charge in [0.2, 0.25) is 5.91 Å². The van der Waals surface area contributed by atoms with Crippen LogP contribution < -0.4 is 11.1 Å². The van der Waals surface area contributed by atoms with Crippen LogP contribution in [0.2, 0.25) is 0 Å². The lowest BCUT2D eigenvalue weighted by molar-refractivity contribution is -0.122. The van der Waals surface area contributed by atoms with Crippen molar-refractivity contribution in [1.82, 2.24) is 15.1 Å². The molecule has 1 amide bonds. The average molecular weight is 292 g/mol. The summed E-state index contributed by atoms with van der Waals surface area (Å²) >= 11 is 0. The Hall–Kier alpha value is -1.36. The normalized spacial score (nSPS) is 17.7. The van der Waals surface area contributed by atoms with Crippen LogP contribution in [-0.4, -0.2) is 27.8 Å². The molecule has 0 radical (unpaired) electrons. The van der Waals surface area contributed by atoms with Gasteiger partial charge in [0, 0.05) is 30.7 Å². The zero-order valence-electron chi connectivity index (χ0n) is 13.3. The lowest BCUT2D eigenvalue weighted by atomic mass is 9.80. The Bertz CT molecular complexity index is 475. The number of amides is 1. The number of aromatic nitrogens is 2. The van der Waals surface area contributed by atoms with Gasteiger partial charge in [-0.3, -0.25) is 9.48 Å². The van der Waals surface area contributed by atoms with Crippen molar-refractivity contribution in [2.24, 2.45) is 5.73 Å². The van der Waals surface area contributed by atoms with E-state index in [1.807, 2.05) is 11.6 Å². The first-order valence-electron chi connectivity index (χ1n) is 8.05. The Kier molecular flexibility index (Phi) is 5.39. The van der Waals surface area contributed by atoms with Gasteiger partial charge < -0.3 is 11.1 Å². The Morgan fingerprint density at radius 1 is 1.38 bits per heavy atom. The molecule has 1 aliphatic rings. The predicted molar refractivity (Wildman–Crippen MR) is 83.9 cm³/mol. The second-order valence-electron chi connectivity index (χ2n) is 6.45. The molecule has 0 bridgehead atoms. The van der Waals surface area contributed by atoms with Gasteiger partial charge in [-0.15, -0.1) is 0 Å². The van der Waals surface area contributed by atoms with E-state index in [4.69, 9.17) is 5.73 Å². The minimum atomic E-state index is -0.266.